The van der Waals surface area contributed by atoms with Crippen LogP contribution in [0.1, 0.15) is 5.56 Å². The molecule has 0 saturated carbocycles. The highest BCUT2D eigenvalue weighted by molar-refractivity contribution is 5.77. The van der Waals surface area contributed by atoms with Crippen LogP contribution < -0.4 is 11.1 Å². The predicted octanol–water partition coefficient (Wildman–Crippen LogP) is -0.412. The Balaban J connectivity index is 2.30. The highest BCUT2D eigenvalue weighted by Gasteiger charge is 2.05. The third-order valence-electron chi connectivity index (χ3n) is 2.06. The minimum atomic E-state index is -0.00293. The van der Waals surface area contributed by atoms with Crippen molar-refractivity contribution in [3.8, 4) is 0 Å². The van der Waals surface area contributed by atoms with E-state index in [0.717, 1.165) is 5.56 Å². The molecule has 1 amide bonds. The van der Waals surface area contributed by atoms with E-state index in [0.29, 0.717) is 26.2 Å². The van der Waals surface area contributed by atoms with Gasteiger partial charge in [0.25, 0.3) is 0 Å². The molecule has 88 valence electrons. The first kappa shape index (κ1) is 12.6. The topological polar surface area (TPSA) is 71.2 Å². The molecule has 0 saturated heterocycles. The molecule has 0 aliphatic heterocycles. The fraction of sp³-hybridized carbons (Fsp3) is 0.455. The van der Waals surface area contributed by atoms with Crippen molar-refractivity contribution in [1.29, 1.82) is 0 Å². The average Bonchev–Trinajstić information content (AvgIpc) is 2.27. The number of nitrogens with two attached hydrogens (primary N) is 1. The number of amides is 1. The van der Waals surface area contributed by atoms with Crippen molar-refractivity contribution in [2.75, 3.05) is 26.7 Å². The largest absolute Gasteiger partial charge is 0.354 e. The summed E-state index contributed by atoms with van der Waals surface area (Å²) in [5, 5.41) is 2.73. The Morgan fingerprint density at radius 1 is 1.62 bits per heavy atom. The van der Waals surface area contributed by atoms with Crippen molar-refractivity contribution in [3.05, 3.63) is 30.1 Å². The highest BCUT2D eigenvalue weighted by atomic mass is 16.2. The van der Waals surface area contributed by atoms with Gasteiger partial charge in [0.15, 0.2) is 0 Å². The van der Waals surface area contributed by atoms with Crippen molar-refractivity contribution in [3.63, 3.8) is 0 Å². The molecule has 0 fully saturated rings. The monoisotopic (exact) mass is 222 g/mol. The summed E-state index contributed by atoms with van der Waals surface area (Å²) in [5.74, 6) is -0.00293. The van der Waals surface area contributed by atoms with Gasteiger partial charge in [0.1, 0.15) is 0 Å². The minimum absolute atomic E-state index is 0.00293. The number of carbonyl (C=O) groups is 1. The zero-order valence-corrected chi connectivity index (χ0v) is 9.52. The van der Waals surface area contributed by atoms with E-state index in [9.17, 15) is 4.79 Å². The zero-order chi connectivity index (χ0) is 11.8. The summed E-state index contributed by atoms with van der Waals surface area (Å²) in [7, 11) is 1.90. The number of rotatable bonds is 6. The van der Waals surface area contributed by atoms with Crippen LogP contribution in [0.5, 0.6) is 0 Å². The lowest BCUT2D eigenvalue weighted by molar-refractivity contribution is -0.122. The normalized spacial score (nSPS) is 10.4. The van der Waals surface area contributed by atoms with Crippen LogP contribution in [0.4, 0.5) is 0 Å². The maximum atomic E-state index is 11.4. The number of carbonyl (C=O) groups excluding carboxylic acids is 1. The molecule has 5 nitrogen and oxygen atoms in total. The van der Waals surface area contributed by atoms with E-state index in [4.69, 9.17) is 5.73 Å². The van der Waals surface area contributed by atoms with Crippen LogP contribution in [-0.2, 0) is 11.3 Å². The number of nitrogens with one attached hydrogen (secondary N) is 1. The third kappa shape index (κ3) is 4.86. The van der Waals surface area contributed by atoms with Gasteiger partial charge in [-0.15, -0.1) is 0 Å². The van der Waals surface area contributed by atoms with Crippen LogP contribution >= 0.6 is 0 Å². The number of hydrogen-bond donors (Lipinski definition) is 2. The Morgan fingerprint density at radius 3 is 3.06 bits per heavy atom. The second kappa shape index (κ2) is 6.92. The van der Waals surface area contributed by atoms with Gasteiger partial charge in [-0.3, -0.25) is 14.7 Å². The van der Waals surface area contributed by atoms with Gasteiger partial charge in [0, 0.05) is 32.0 Å². The first-order valence-corrected chi connectivity index (χ1v) is 5.26. The Bertz CT molecular complexity index is 315. The van der Waals surface area contributed by atoms with Crippen molar-refractivity contribution in [1.82, 2.24) is 15.2 Å². The Kier molecular flexibility index (Phi) is 5.45. The van der Waals surface area contributed by atoms with E-state index in [2.05, 4.69) is 10.3 Å². The number of hydrogen-bond acceptors (Lipinski definition) is 4. The Labute approximate surface area is 95.7 Å². The standard InChI is InChI=1S/C11H18N4O/c1-15(9-11(16)14-6-4-12)8-10-3-2-5-13-7-10/h2-3,5,7H,4,6,8-9,12H2,1H3,(H,14,16). The SMILES string of the molecule is CN(CC(=O)NCCN)Cc1cccnc1. The van der Waals surface area contributed by atoms with E-state index in [1.54, 1.807) is 12.4 Å². The van der Waals surface area contributed by atoms with E-state index >= 15 is 0 Å². The van der Waals surface area contributed by atoms with Gasteiger partial charge in [-0.1, -0.05) is 6.07 Å². The second-order valence-electron chi connectivity index (χ2n) is 3.67. The summed E-state index contributed by atoms with van der Waals surface area (Å²) in [6.07, 6.45) is 3.53. The lowest BCUT2D eigenvalue weighted by Gasteiger charge is -2.15. The summed E-state index contributed by atoms with van der Waals surface area (Å²) in [5.41, 5.74) is 6.39. The molecule has 1 rings (SSSR count). The number of likely N-dealkylation sites (N-methyl/N-ethyl adjacent to an activating group) is 1. The number of nitrogens with zero attached hydrogens (tertiary/aromatic N) is 2. The first-order valence-electron chi connectivity index (χ1n) is 5.26. The average molecular weight is 222 g/mol. The van der Waals surface area contributed by atoms with Crippen LogP contribution in [0.3, 0.4) is 0 Å². The lowest BCUT2D eigenvalue weighted by Crippen LogP contribution is -2.37. The van der Waals surface area contributed by atoms with E-state index in [-0.39, 0.29) is 5.91 Å². The Hall–Kier alpha value is -1.46. The zero-order valence-electron chi connectivity index (χ0n) is 9.52. The molecular weight excluding hydrogens is 204 g/mol. The van der Waals surface area contributed by atoms with Crippen molar-refractivity contribution in [2.45, 2.75) is 6.54 Å². The fourth-order valence-electron chi connectivity index (χ4n) is 1.37. The molecule has 5 heteroatoms. The smallest absolute Gasteiger partial charge is 0.234 e. The Morgan fingerprint density at radius 2 is 2.44 bits per heavy atom. The van der Waals surface area contributed by atoms with Crippen molar-refractivity contribution in [2.24, 2.45) is 5.73 Å². The van der Waals surface area contributed by atoms with Gasteiger partial charge in [-0.2, -0.15) is 0 Å². The molecule has 0 aliphatic carbocycles. The van der Waals surface area contributed by atoms with Crippen LogP contribution in [-0.4, -0.2) is 42.5 Å². The van der Waals surface area contributed by atoms with E-state index in [1.807, 2.05) is 24.1 Å². The molecule has 0 aromatic carbocycles. The van der Waals surface area contributed by atoms with Gasteiger partial charge in [0.05, 0.1) is 6.54 Å². The molecule has 0 spiro atoms. The molecule has 0 unspecified atom stereocenters. The van der Waals surface area contributed by atoms with E-state index < -0.39 is 0 Å². The summed E-state index contributed by atoms with van der Waals surface area (Å²) in [4.78, 5) is 17.3. The fourth-order valence-corrected chi connectivity index (χ4v) is 1.37. The quantitative estimate of drug-likeness (QED) is 0.686. The third-order valence-corrected chi connectivity index (χ3v) is 2.06. The summed E-state index contributed by atoms with van der Waals surface area (Å²) in [6.45, 7) is 2.08. The number of pyridine rings is 1. The van der Waals surface area contributed by atoms with Gasteiger partial charge in [0.2, 0.25) is 5.91 Å². The van der Waals surface area contributed by atoms with Gasteiger partial charge >= 0.3 is 0 Å². The molecule has 0 radical (unpaired) electrons. The van der Waals surface area contributed by atoms with Crippen LogP contribution in [0.25, 0.3) is 0 Å². The van der Waals surface area contributed by atoms with Crippen molar-refractivity contribution >= 4 is 5.91 Å². The number of aromatic nitrogens is 1. The predicted molar refractivity (Wildman–Crippen MR) is 62.6 cm³/mol. The molecule has 16 heavy (non-hydrogen) atoms. The van der Waals surface area contributed by atoms with E-state index in [1.165, 1.54) is 0 Å². The summed E-state index contributed by atoms with van der Waals surface area (Å²) in [6, 6.07) is 3.87. The minimum Gasteiger partial charge on any atom is -0.354 e. The van der Waals surface area contributed by atoms with Gasteiger partial charge in [-0.25, -0.2) is 0 Å². The van der Waals surface area contributed by atoms with Crippen molar-refractivity contribution < 1.29 is 4.79 Å². The van der Waals surface area contributed by atoms with Crippen LogP contribution in [0.15, 0.2) is 24.5 Å². The molecule has 0 aliphatic rings. The van der Waals surface area contributed by atoms with Crippen LogP contribution in [0, 0.1) is 0 Å². The molecule has 1 aromatic heterocycles. The maximum absolute atomic E-state index is 11.4. The first-order chi connectivity index (χ1) is 7.72. The maximum Gasteiger partial charge on any atom is 0.234 e. The highest BCUT2D eigenvalue weighted by Crippen LogP contribution is 1.99. The summed E-state index contributed by atoms with van der Waals surface area (Å²) >= 11 is 0. The van der Waals surface area contributed by atoms with Gasteiger partial charge < -0.3 is 11.1 Å². The van der Waals surface area contributed by atoms with Gasteiger partial charge in [-0.05, 0) is 18.7 Å². The summed E-state index contributed by atoms with van der Waals surface area (Å²) < 4.78 is 0. The molecule has 1 heterocycles. The lowest BCUT2D eigenvalue weighted by atomic mass is 10.3. The molecule has 0 bridgehead atoms. The second-order valence-corrected chi connectivity index (χ2v) is 3.67. The molecule has 3 N–H and O–H groups in total. The molecular formula is C11H18N4O. The molecule has 0 atom stereocenters. The molecule has 1 aromatic rings. The van der Waals surface area contributed by atoms with Crippen LogP contribution in [0.2, 0.25) is 0 Å².